The zero-order chi connectivity index (χ0) is 13.8. The Bertz CT molecular complexity index is 390. The molecule has 1 unspecified atom stereocenters. The van der Waals surface area contributed by atoms with E-state index in [-0.39, 0.29) is 0 Å². The highest BCUT2D eigenvalue weighted by atomic mass is 16.4. The highest BCUT2D eigenvalue weighted by Gasteiger charge is 2.19. The Morgan fingerprint density at radius 2 is 1.83 bits per heavy atom. The van der Waals surface area contributed by atoms with Gasteiger partial charge in [-0.15, -0.1) is 0 Å². The molecule has 0 bridgehead atoms. The third kappa shape index (κ3) is 4.49. The topological polar surface area (TPSA) is 49.3 Å². The Kier molecular flexibility index (Phi) is 4.91. The van der Waals surface area contributed by atoms with Crippen LogP contribution in [-0.4, -0.2) is 17.6 Å². The molecule has 0 amide bonds. The van der Waals surface area contributed by atoms with Crippen molar-refractivity contribution in [1.29, 1.82) is 0 Å². The fourth-order valence-corrected chi connectivity index (χ4v) is 1.50. The predicted molar refractivity (Wildman–Crippen MR) is 73.7 cm³/mol. The molecule has 0 saturated carbocycles. The maximum absolute atomic E-state index is 10.7. The van der Waals surface area contributed by atoms with Gasteiger partial charge in [-0.05, 0) is 35.6 Å². The molecule has 0 aliphatic heterocycles. The van der Waals surface area contributed by atoms with Crippen molar-refractivity contribution in [3.05, 3.63) is 35.4 Å². The first kappa shape index (κ1) is 14.7. The summed E-state index contributed by atoms with van der Waals surface area (Å²) in [6.07, 6.45) is 0. The van der Waals surface area contributed by atoms with Crippen molar-refractivity contribution in [2.75, 3.05) is 6.54 Å². The average Bonchev–Trinajstić information content (AvgIpc) is 2.28. The van der Waals surface area contributed by atoms with Gasteiger partial charge in [0.05, 0.1) is 5.56 Å². The van der Waals surface area contributed by atoms with Gasteiger partial charge in [-0.25, -0.2) is 4.79 Å². The highest BCUT2D eigenvalue weighted by Crippen LogP contribution is 2.24. The molecule has 3 heteroatoms. The maximum atomic E-state index is 10.7. The molecule has 3 nitrogen and oxygen atoms in total. The first-order chi connectivity index (χ1) is 8.30. The molecule has 0 spiro atoms. The fourth-order valence-electron chi connectivity index (χ4n) is 1.50. The largest absolute Gasteiger partial charge is 0.478 e. The molecule has 1 atom stereocenters. The van der Waals surface area contributed by atoms with Crippen LogP contribution in [0.1, 0.15) is 43.6 Å². The van der Waals surface area contributed by atoms with Gasteiger partial charge >= 0.3 is 5.97 Å². The Hall–Kier alpha value is -1.35. The SMILES string of the molecule is CC(CNCc1ccc(C(=O)O)cc1)C(C)(C)C. The first-order valence-corrected chi connectivity index (χ1v) is 6.33. The van der Waals surface area contributed by atoms with E-state index in [0.717, 1.165) is 18.7 Å². The van der Waals surface area contributed by atoms with Gasteiger partial charge in [-0.2, -0.15) is 0 Å². The molecule has 2 N–H and O–H groups in total. The van der Waals surface area contributed by atoms with Gasteiger partial charge in [0.1, 0.15) is 0 Å². The molecule has 1 aromatic carbocycles. The number of carbonyl (C=O) groups is 1. The third-order valence-corrected chi connectivity index (χ3v) is 3.46. The van der Waals surface area contributed by atoms with Crippen molar-refractivity contribution in [3.8, 4) is 0 Å². The van der Waals surface area contributed by atoms with E-state index in [1.54, 1.807) is 12.1 Å². The predicted octanol–water partition coefficient (Wildman–Crippen LogP) is 3.16. The summed E-state index contributed by atoms with van der Waals surface area (Å²) in [4.78, 5) is 10.7. The quantitative estimate of drug-likeness (QED) is 0.842. The van der Waals surface area contributed by atoms with Gasteiger partial charge in [-0.1, -0.05) is 39.8 Å². The van der Waals surface area contributed by atoms with Gasteiger partial charge in [-0.3, -0.25) is 0 Å². The molecule has 0 aliphatic carbocycles. The minimum absolute atomic E-state index is 0.306. The van der Waals surface area contributed by atoms with E-state index in [9.17, 15) is 4.79 Å². The molecule has 0 aromatic heterocycles. The number of carboxylic acid groups (broad SMARTS) is 1. The number of carboxylic acids is 1. The van der Waals surface area contributed by atoms with Crippen molar-refractivity contribution < 1.29 is 9.90 Å². The normalized spacial score (nSPS) is 13.3. The summed E-state index contributed by atoms with van der Waals surface area (Å²) in [5, 5.41) is 12.2. The second kappa shape index (κ2) is 6.01. The van der Waals surface area contributed by atoms with Crippen LogP contribution in [0.25, 0.3) is 0 Å². The van der Waals surface area contributed by atoms with Crippen LogP contribution in [0.2, 0.25) is 0 Å². The highest BCUT2D eigenvalue weighted by molar-refractivity contribution is 5.87. The maximum Gasteiger partial charge on any atom is 0.335 e. The molecule has 0 fully saturated rings. The third-order valence-electron chi connectivity index (χ3n) is 3.46. The van der Waals surface area contributed by atoms with E-state index < -0.39 is 5.97 Å². The summed E-state index contributed by atoms with van der Waals surface area (Å²) < 4.78 is 0. The van der Waals surface area contributed by atoms with Crippen LogP contribution >= 0.6 is 0 Å². The number of nitrogens with one attached hydrogen (secondary N) is 1. The summed E-state index contributed by atoms with van der Waals surface area (Å²) >= 11 is 0. The smallest absolute Gasteiger partial charge is 0.335 e. The standard InChI is InChI=1S/C15H23NO2/c1-11(15(2,3)4)9-16-10-12-5-7-13(8-6-12)14(17)18/h5-8,11,16H,9-10H2,1-4H3,(H,17,18). The van der Waals surface area contributed by atoms with Crippen molar-refractivity contribution >= 4 is 5.97 Å². The molecule has 1 aromatic rings. The van der Waals surface area contributed by atoms with Crippen LogP contribution in [0.4, 0.5) is 0 Å². The Balaban J connectivity index is 2.43. The van der Waals surface area contributed by atoms with E-state index in [1.807, 2.05) is 12.1 Å². The van der Waals surface area contributed by atoms with Crippen molar-refractivity contribution in [1.82, 2.24) is 5.32 Å². The van der Waals surface area contributed by atoms with Gasteiger partial charge in [0.2, 0.25) is 0 Å². The van der Waals surface area contributed by atoms with Crippen LogP contribution < -0.4 is 5.32 Å². The van der Waals surface area contributed by atoms with Crippen LogP contribution in [0.15, 0.2) is 24.3 Å². The summed E-state index contributed by atoms with van der Waals surface area (Å²) in [6, 6.07) is 7.01. The molecular weight excluding hydrogens is 226 g/mol. The summed E-state index contributed by atoms with van der Waals surface area (Å²) in [5.41, 5.74) is 1.75. The second-order valence-corrected chi connectivity index (χ2v) is 5.90. The lowest BCUT2D eigenvalue weighted by molar-refractivity contribution is 0.0697. The monoisotopic (exact) mass is 249 g/mol. The van der Waals surface area contributed by atoms with Crippen LogP contribution in [0.5, 0.6) is 0 Å². The number of aromatic carboxylic acids is 1. The van der Waals surface area contributed by atoms with E-state index >= 15 is 0 Å². The molecule has 0 aliphatic rings. The van der Waals surface area contributed by atoms with E-state index in [2.05, 4.69) is 33.0 Å². The lowest BCUT2D eigenvalue weighted by atomic mass is 9.82. The molecule has 0 heterocycles. The lowest BCUT2D eigenvalue weighted by Gasteiger charge is -2.27. The van der Waals surface area contributed by atoms with E-state index in [0.29, 0.717) is 16.9 Å². The Morgan fingerprint density at radius 3 is 2.28 bits per heavy atom. The first-order valence-electron chi connectivity index (χ1n) is 6.33. The molecule has 100 valence electrons. The van der Waals surface area contributed by atoms with Gasteiger partial charge in [0.25, 0.3) is 0 Å². The zero-order valence-electron chi connectivity index (χ0n) is 11.7. The summed E-state index contributed by atoms with van der Waals surface area (Å²) in [7, 11) is 0. The summed E-state index contributed by atoms with van der Waals surface area (Å²) in [6.45, 7) is 10.7. The van der Waals surface area contributed by atoms with Gasteiger partial charge in [0.15, 0.2) is 0 Å². The molecule has 0 radical (unpaired) electrons. The van der Waals surface area contributed by atoms with Crippen LogP contribution in [0.3, 0.4) is 0 Å². The molecular formula is C15H23NO2. The average molecular weight is 249 g/mol. The molecule has 1 rings (SSSR count). The molecule has 0 saturated heterocycles. The number of hydrogen-bond acceptors (Lipinski definition) is 2. The van der Waals surface area contributed by atoms with E-state index in [1.165, 1.54) is 0 Å². The number of rotatable bonds is 5. The van der Waals surface area contributed by atoms with E-state index in [4.69, 9.17) is 5.11 Å². The van der Waals surface area contributed by atoms with Crippen LogP contribution in [-0.2, 0) is 6.54 Å². The molecule has 18 heavy (non-hydrogen) atoms. The Labute approximate surface area is 109 Å². The number of benzene rings is 1. The minimum atomic E-state index is -0.879. The van der Waals surface area contributed by atoms with Gasteiger partial charge < -0.3 is 10.4 Å². The Morgan fingerprint density at radius 1 is 1.28 bits per heavy atom. The van der Waals surface area contributed by atoms with Crippen molar-refractivity contribution in [3.63, 3.8) is 0 Å². The minimum Gasteiger partial charge on any atom is -0.478 e. The second-order valence-electron chi connectivity index (χ2n) is 5.90. The number of hydrogen-bond donors (Lipinski definition) is 2. The fraction of sp³-hybridized carbons (Fsp3) is 0.533. The lowest BCUT2D eigenvalue weighted by Crippen LogP contribution is -2.29. The van der Waals surface area contributed by atoms with Gasteiger partial charge in [0, 0.05) is 6.54 Å². The van der Waals surface area contributed by atoms with Crippen molar-refractivity contribution in [2.45, 2.75) is 34.2 Å². The van der Waals surface area contributed by atoms with Crippen LogP contribution in [0, 0.1) is 11.3 Å². The zero-order valence-corrected chi connectivity index (χ0v) is 11.7. The van der Waals surface area contributed by atoms with Crippen molar-refractivity contribution in [2.24, 2.45) is 11.3 Å². The summed E-state index contributed by atoms with van der Waals surface area (Å²) in [5.74, 6) is -0.286.